The molecule has 0 N–H and O–H groups in total. The molecule has 0 fully saturated rings. The van der Waals surface area contributed by atoms with Crippen molar-refractivity contribution < 1.29 is 9.53 Å². The average molecular weight is 295 g/mol. The number of carbonyl (C=O) groups excluding carboxylic acids is 1. The number of nitrogens with zero attached hydrogens (tertiary/aromatic N) is 3. The Morgan fingerprint density at radius 3 is 2.64 bits per heavy atom. The van der Waals surface area contributed by atoms with Gasteiger partial charge in [-0.05, 0) is 24.3 Å². The van der Waals surface area contributed by atoms with Crippen LogP contribution in [-0.4, -0.2) is 41.6 Å². The zero-order valence-corrected chi connectivity index (χ0v) is 12.8. The third kappa shape index (κ3) is 2.30. The highest BCUT2D eigenvalue weighted by Gasteiger charge is 2.16. The molecule has 0 aliphatic carbocycles. The summed E-state index contributed by atoms with van der Waals surface area (Å²) in [6, 6.07) is 13.4. The van der Waals surface area contributed by atoms with Gasteiger partial charge in [-0.15, -0.1) is 0 Å². The van der Waals surface area contributed by atoms with Crippen LogP contribution in [0.5, 0.6) is 5.75 Å². The topological polar surface area (TPSA) is 46.8 Å². The van der Waals surface area contributed by atoms with Crippen LogP contribution < -0.4 is 4.74 Å². The molecule has 0 bridgehead atoms. The van der Waals surface area contributed by atoms with Crippen LogP contribution in [0.3, 0.4) is 0 Å². The van der Waals surface area contributed by atoms with E-state index < -0.39 is 0 Å². The maximum atomic E-state index is 12.3. The van der Waals surface area contributed by atoms with Crippen LogP contribution in [0.4, 0.5) is 0 Å². The smallest absolute Gasteiger partial charge is 0.273 e. The molecule has 5 nitrogen and oxygen atoms in total. The van der Waals surface area contributed by atoms with Crippen LogP contribution >= 0.6 is 0 Å². The van der Waals surface area contributed by atoms with E-state index in [2.05, 4.69) is 5.10 Å². The number of benzene rings is 1. The predicted molar refractivity (Wildman–Crippen MR) is 85.2 cm³/mol. The van der Waals surface area contributed by atoms with Crippen LogP contribution in [-0.2, 0) is 0 Å². The van der Waals surface area contributed by atoms with Crippen molar-refractivity contribution in [2.24, 2.45) is 0 Å². The van der Waals surface area contributed by atoms with Crippen molar-refractivity contribution in [1.29, 1.82) is 0 Å². The monoisotopic (exact) mass is 295 g/mol. The van der Waals surface area contributed by atoms with Gasteiger partial charge in [0.05, 0.1) is 12.6 Å². The van der Waals surface area contributed by atoms with Crippen LogP contribution in [0.2, 0.25) is 0 Å². The molecule has 3 rings (SSSR count). The van der Waals surface area contributed by atoms with Gasteiger partial charge in [-0.1, -0.05) is 18.2 Å². The molecule has 5 heteroatoms. The Hall–Kier alpha value is -2.82. The number of rotatable bonds is 3. The molecule has 0 radical (unpaired) electrons. The zero-order chi connectivity index (χ0) is 15.7. The summed E-state index contributed by atoms with van der Waals surface area (Å²) in [5.41, 5.74) is 3.18. The Balaban J connectivity index is 2.28. The lowest BCUT2D eigenvalue weighted by atomic mass is 10.0. The van der Waals surface area contributed by atoms with E-state index in [1.165, 1.54) is 4.90 Å². The minimum atomic E-state index is -0.133. The molecule has 3 aromatic rings. The summed E-state index contributed by atoms with van der Waals surface area (Å²) in [4.78, 5) is 13.8. The fourth-order valence-corrected chi connectivity index (χ4v) is 2.44. The van der Waals surface area contributed by atoms with Crippen LogP contribution in [0.1, 0.15) is 10.5 Å². The van der Waals surface area contributed by atoms with Gasteiger partial charge in [-0.25, -0.2) is 4.52 Å². The lowest BCUT2D eigenvalue weighted by Gasteiger charge is -2.14. The van der Waals surface area contributed by atoms with Crippen molar-refractivity contribution in [1.82, 2.24) is 14.5 Å². The highest BCUT2D eigenvalue weighted by Crippen LogP contribution is 2.33. The molecule has 2 heterocycles. The third-order valence-electron chi connectivity index (χ3n) is 3.52. The minimum absolute atomic E-state index is 0.133. The molecule has 0 unspecified atom stereocenters. The Morgan fingerprint density at radius 2 is 1.91 bits per heavy atom. The SMILES string of the molecule is COc1ccccc1-c1cc(C(=O)N(C)C)nn2cccc12. The molecular formula is C17H17N3O2. The molecule has 22 heavy (non-hydrogen) atoms. The Bertz CT molecular complexity index is 837. The minimum Gasteiger partial charge on any atom is -0.496 e. The second-order valence-electron chi connectivity index (χ2n) is 5.18. The molecule has 0 saturated heterocycles. The second kappa shape index (κ2) is 5.52. The van der Waals surface area contributed by atoms with E-state index in [0.29, 0.717) is 5.69 Å². The standard InChI is InChI=1S/C17H17N3O2/c1-19(2)17(21)14-11-13(15-8-6-10-20(15)18-14)12-7-4-5-9-16(12)22-3/h4-11H,1-3H3. The molecule has 0 atom stereocenters. The quantitative estimate of drug-likeness (QED) is 0.746. The first-order valence-corrected chi connectivity index (χ1v) is 6.95. The van der Waals surface area contributed by atoms with Gasteiger partial charge in [0, 0.05) is 31.4 Å². The number of ether oxygens (including phenoxy) is 1. The first-order chi connectivity index (χ1) is 10.6. The first-order valence-electron chi connectivity index (χ1n) is 6.95. The fourth-order valence-electron chi connectivity index (χ4n) is 2.44. The van der Waals surface area contributed by atoms with Gasteiger partial charge in [-0.3, -0.25) is 4.79 Å². The molecule has 0 spiro atoms. The third-order valence-corrected chi connectivity index (χ3v) is 3.52. The van der Waals surface area contributed by atoms with Gasteiger partial charge in [-0.2, -0.15) is 5.10 Å². The average Bonchev–Trinajstić information content (AvgIpc) is 3.01. The predicted octanol–water partition coefficient (Wildman–Crippen LogP) is 2.71. The highest BCUT2D eigenvalue weighted by atomic mass is 16.5. The van der Waals surface area contributed by atoms with E-state index in [1.54, 1.807) is 25.7 Å². The molecule has 1 aromatic carbocycles. The van der Waals surface area contributed by atoms with Gasteiger partial charge in [0.1, 0.15) is 11.4 Å². The van der Waals surface area contributed by atoms with Crippen molar-refractivity contribution in [3.8, 4) is 16.9 Å². The van der Waals surface area contributed by atoms with Gasteiger partial charge in [0.15, 0.2) is 0 Å². The number of amides is 1. The van der Waals surface area contributed by atoms with Gasteiger partial charge in [0.25, 0.3) is 5.91 Å². The number of fused-ring (bicyclic) bond motifs is 1. The maximum Gasteiger partial charge on any atom is 0.273 e. The molecule has 2 aromatic heterocycles. The summed E-state index contributed by atoms with van der Waals surface area (Å²) >= 11 is 0. The van der Waals surface area contributed by atoms with Crippen molar-refractivity contribution in [2.45, 2.75) is 0 Å². The molecule has 112 valence electrons. The molecular weight excluding hydrogens is 278 g/mol. The molecule has 0 aliphatic heterocycles. The van der Waals surface area contributed by atoms with Crippen molar-refractivity contribution in [3.05, 3.63) is 54.4 Å². The largest absolute Gasteiger partial charge is 0.496 e. The van der Waals surface area contributed by atoms with Crippen molar-refractivity contribution >= 4 is 11.4 Å². The van der Waals surface area contributed by atoms with Crippen molar-refractivity contribution in [2.75, 3.05) is 21.2 Å². The van der Waals surface area contributed by atoms with E-state index >= 15 is 0 Å². The van der Waals surface area contributed by atoms with E-state index in [1.807, 2.05) is 48.7 Å². The summed E-state index contributed by atoms with van der Waals surface area (Å²) in [7, 11) is 5.07. The Labute approximate surface area is 128 Å². The number of methoxy groups -OCH3 is 1. The van der Waals surface area contributed by atoms with E-state index in [4.69, 9.17) is 4.74 Å². The fraction of sp³-hybridized carbons (Fsp3) is 0.176. The molecule has 1 amide bonds. The van der Waals surface area contributed by atoms with Gasteiger partial charge >= 0.3 is 0 Å². The number of para-hydroxylation sites is 1. The Kier molecular flexibility index (Phi) is 3.55. The summed E-state index contributed by atoms with van der Waals surface area (Å²) in [6.45, 7) is 0. The highest BCUT2D eigenvalue weighted by molar-refractivity contribution is 5.95. The summed E-state index contributed by atoms with van der Waals surface area (Å²) in [6.07, 6.45) is 1.83. The lowest BCUT2D eigenvalue weighted by molar-refractivity contribution is 0.0820. The summed E-state index contributed by atoms with van der Waals surface area (Å²) in [5, 5.41) is 4.38. The summed E-state index contributed by atoms with van der Waals surface area (Å²) < 4.78 is 7.17. The number of carbonyl (C=O) groups is 1. The van der Waals surface area contributed by atoms with Crippen LogP contribution in [0.15, 0.2) is 48.7 Å². The van der Waals surface area contributed by atoms with Crippen molar-refractivity contribution in [3.63, 3.8) is 0 Å². The number of aromatic nitrogens is 2. The molecule has 0 aliphatic rings. The second-order valence-corrected chi connectivity index (χ2v) is 5.18. The Morgan fingerprint density at radius 1 is 1.14 bits per heavy atom. The summed E-state index contributed by atoms with van der Waals surface area (Å²) in [5.74, 6) is 0.631. The number of hydrogen-bond donors (Lipinski definition) is 0. The van der Waals surface area contributed by atoms with Gasteiger partial charge < -0.3 is 9.64 Å². The van der Waals surface area contributed by atoms with Crippen LogP contribution in [0, 0.1) is 0 Å². The van der Waals surface area contributed by atoms with E-state index in [0.717, 1.165) is 22.4 Å². The van der Waals surface area contributed by atoms with Crippen LogP contribution in [0.25, 0.3) is 16.6 Å². The first kappa shape index (κ1) is 14.1. The normalized spacial score (nSPS) is 10.7. The zero-order valence-electron chi connectivity index (χ0n) is 12.8. The number of hydrogen-bond acceptors (Lipinski definition) is 3. The maximum absolute atomic E-state index is 12.3. The van der Waals surface area contributed by atoms with E-state index in [9.17, 15) is 4.79 Å². The van der Waals surface area contributed by atoms with Gasteiger partial charge in [0.2, 0.25) is 0 Å². The van der Waals surface area contributed by atoms with E-state index in [-0.39, 0.29) is 5.91 Å². The lowest BCUT2D eigenvalue weighted by Crippen LogP contribution is -2.23. The molecule has 0 saturated carbocycles.